The number of hydrogen-bond donors (Lipinski definition) is 1. The second-order valence-electron chi connectivity index (χ2n) is 1.93. The fourth-order valence-corrected chi connectivity index (χ4v) is 1.35. The second kappa shape index (κ2) is 4.47. The van der Waals surface area contributed by atoms with Crippen molar-refractivity contribution in [3.63, 3.8) is 0 Å². The molecule has 0 amide bonds. The van der Waals surface area contributed by atoms with Gasteiger partial charge in [0.15, 0.2) is 0 Å². The van der Waals surface area contributed by atoms with Gasteiger partial charge in [-0.05, 0) is 24.3 Å². The van der Waals surface area contributed by atoms with E-state index in [2.05, 4.69) is 15.9 Å². The van der Waals surface area contributed by atoms with Crippen molar-refractivity contribution < 1.29 is 13.0 Å². The molecule has 0 spiro atoms. The summed E-state index contributed by atoms with van der Waals surface area (Å²) in [5, 5.41) is 0. The van der Waals surface area contributed by atoms with E-state index in [0.717, 1.165) is 4.47 Å². The first-order valence-corrected chi connectivity index (χ1v) is 4.96. The van der Waals surface area contributed by atoms with E-state index in [9.17, 15) is 8.42 Å². The van der Waals surface area contributed by atoms with E-state index in [-0.39, 0.29) is 24.7 Å². The number of hydrogen-bond acceptors (Lipinski definition) is 2. The molecule has 3 nitrogen and oxygen atoms in total. The van der Waals surface area contributed by atoms with Crippen molar-refractivity contribution in [3.8, 4) is 0 Å². The summed E-state index contributed by atoms with van der Waals surface area (Å²) in [6.45, 7) is 0. The van der Waals surface area contributed by atoms with Gasteiger partial charge in [-0.3, -0.25) is 4.55 Å². The van der Waals surface area contributed by atoms with Crippen molar-refractivity contribution in [1.82, 2.24) is 0 Å². The molecule has 1 rings (SSSR count). The standard InChI is InChI=1S/C6H5BrO3S.Ga.3H/c7-5-1-3-6(4-2-5)11(8,9)10;;;;/h1-4H,(H,8,9,10);;;;. The van der Waals surface area contributed by atoms with E-state index >= 15 is 0 Å². The zero-order valence-electron chi connectivity index (χ0n) is 5.36. The summed E-state index contributed by atoms with van der Waals surface area (Å²) in [4.78, 5) is -0.0966. The molecule has 1 aromatic carbocycles. The quantitative estimate of drug-likeness (QED) is 0.607. The number of halogens is 1. The summed E-state index contributed by atoms with van der Waals surface area (Å²) in [6.07, 6.45) is 0. The van der Waals surface area contributed by atoms with Crippen molar-refractivity contribution >= 4 is 45.8 Å². The van der Waals surface area contributed by atoms with Crippen LogP contribution in [0, 0.1) is 0 Å². The Morgan fingerprint density at radius 3 is 1.92 bits per heavy atom. The van der Waals surface area contributed by atoms with Crippen LogP contribution in [0.25, 0.3) is 0 Å². The molecule has 0 atom stereocenters. The van der Waals surface area contributed by atoms with Gasteiger partial charge >= 0.3 is 19.8 Å². The van der Waals surface area contributed by atoms with Crippen LogP contribution in [0.1, 0.15) is 0 Å². The zero-order chi connectivity index (χ0) is 8.48. The Hall–Kier alpha value is 0.246. The monoisotopic (exact) mass is 308 g/mol. The average molecular weight is 310 g/mol. The molecule has 0 aliphatic heterocycles. The Morgan fingerprint density at radius 1 is 1.17 bits per heavy atom. The topological polar surface area (TPSA) is 54.4 Å². The van der Waals surface area contributed by atoms with E-state index < -0.39 is 10.1 Å². The Kier molecular flexibility index (Phi) is 4.57. The molecule has 1 aromatic rings. The maximum atomic E-state index is 10.5. The maximum absolute atomic E-state index is 10.5. The molecule has 0 bridgehead atoms. The Morgan fingerprint density at radius 2 is 1.58 bits per heavy atom. The molecule has 0 saturated carbocycles. The van der Waals surface area contributed by atoms with Gasteiger partial charge in [-0.25, -0.2) is 0 Å². The third-order valence-electron chi connectivity index (χ3n) is 1.11. The van der Waals surface area contributed by atoms with Gasteiger partial charge in [0.1, 0.15) is 0 Å². The third kappa shape index (κ3) is 3.32. The molecule has 0 aromatic heterocycles. The molecular weight excluding hydrogens is 302 g/mol. The summed E-state index contributed by atoms with van der Waals surface area (Å²) >= 11 is 3.14. The van der Waals surface area contributed by atoms with Crippen LogP contribution in [0.15, 0.2) is 33.6 Å². The normalized spacial score (nSPS) is 10.5. The predicted octanol–water partition coefficient (Wildman–Crippen LogP) is 0.512. The zero-order valence-corrected chi connectivity index (χ0v) is 7.76. The SMILES string of the molecule is O=S(=O)(O)c1ccc(Br)cc1.[GaH3]. The van der Waals surface area contributed by atoms with E-state index in [0.29, 0.717) is 0 Å². The van der Waals surface area contributed by atoms with Crippen LogP contribution in [-0.4, -0.2) is 32.8 Å². The van der Waals surface area contributed by atoms with Crippen LogP contribution in [0.3, 0.4) is 0 Å². The first-order chi connectivity index (χ1) is 5.00. The Labute approximate surface area is 92.1 Å². The van der Waals surface area contributed by atoms with Gasteiger partial charge in [-0.2, -0.15) is 8.42 Å². The van der Waals surface area contributed by atoms with Crippen LogP contribution < -0.4 is 0 Å². The Balaban J connectivity index is 0.00000121. The van der Waals surface area contributed by atoms with Crippen LogP contribution in [0.4, 0.5) is 0 Å². The molecule has 66 valence electrons. The minimum absolute atomic E-state index is 0. The molecule has 0 heterocycles. The van der Waals surface area contributed by atoms with E-state index in [4.69, 9.17) is 4.55 Å². The van der Waals surface area contributed by atoms with Crippen molar-refractivity contribution in [2.75, 3.05) is 0 Å². The number of rotatable bonds is 1. The van der Waals surface area contributed by atoms with E-state index in [1.807, 2.05) is 0 Å². The van der Waals surface area contributed by atoms with Crippen LogP contribution in [0.5, 0.6) is 0 Å². The van der Waals surface area contributed by atoms with Crippen molar-refractivity contribution in [1.29, 1.82) is 0 Å². The fraction of sp³-hybridized carbons (Fsp3) is 0. The second-order valence-corrected chi connectivity index (χ2v) is 4.27. The third-order valence-corrected chi connectivity index (χ3v) is 2.51. The first kappa shape index (κ1) is 12.2. The summed E-state index contributed by atoms with van der Waals surface area (Å²) in [5.74, 6) is 0. The van der Waals surface area contributed by atoms with Crippen molar-refractivity contribution in [3.05, 3.63) is 28.7 Å². The van der Waals surface area contributed by atoms with Gasteiger partial charge < -0.3 is 0 Å². The minimum atomic E-state index is -4.04. The van der Waals surface area contributed by atoms with Gasteiger partial charge in [0.05, 0.1) is 4.90 Å². The van der Waals surface area contributed by atoms with Crippen LogP contribution >= 0.6 is 15.9 Å². The van der Waals surface area contributed by atoms with Crippen LogP contribution in [0.2, 0.25) is 0 Å². The molecular formula is C6H8BrGaO3S. The van der Waals surface area contributed by atoms with Gasteiger partial charge in [0.2, 0.25) is 0 Å². The molecule has 6 heteroatoms. The summed E-state index contributed by atoms with van der Waals surface area (Å²) < 4.78 is 30.3. The van der Waals surface area contributed by atoms with Crippen molar-refractivity contribution in [2.45, 2.75) is 4.90 Å². The summed E-state index contributed by atoms with van der Waals surface area (Å²) in [6, 6.07) is 5.73. The Bertz CT molecular complexity index is 346. The molecule has 0 radical (unpaired) electrons. The average Bonchev–Trinajstić information content (AvgIpc) is 1.86. The first-order valence-electron chi connectivity index (χ1n) is 2.73. The molecule has 1 N–H and O–H groups in total. The van der Waals surface area contributed by atoms with Crippen LogP contribution in [-0.2, 0) is 10.1 Å². The van der Waals surface area contributed by atoms with E-state index in [1.54, 1.807) is 12.1 Å². The van der Waals surface area contributed by atoms with Gasteiger partial charge in [0.25, 0.3) is 10.1 Å². The van der Waals surface area contributed by atoms with Gasteiger partial charge in [0, 0.05) is 4.47 Å². The summed E-state index contributed by atoms with van der Waals surface area (Å²) in [7, 11) is -4.04. The number of benzene rings is 1. The molecule has 0 unspecified atom stereocenters. The fourth-order valence-electron chi connectivity index (χ4n) is 0.607. The molecule has 0 saturated heterocycles. The molecule has 12 heavy (non-hydrogen) atoms. The van der Waals surface area contributed by atoms with E-state index in [1.165, 1.54) is 12.1 Å². The van der Waals surface area contributed by atoms with Crippen molar-refractivity contribution in [2.24, 2.45) is 0 Å². The van der Waals surface area contributed by atoms with Gasteiger partial charge in [-0.15, -0.1) is 0 Å². The predicted molar refractivity (Wildman–Crippen MR) is 53.9 cm³/mol. The summed E-state index contributed by atoms with van der Waals surface area (Å²) in [5.41, 5.74) is 0. The van der Waals surface area contributed by atoms with Gasteiger partial charge in [-0.1, -0.05) is 15.9 Å². The molecule has 0 fully saturated rings. The molecule has 0 aliphatic rings. The molecule has 0 aliphatic carbocycles.